The maximum Gasteiger partial charge on any atom is 0.230 e. The van der Waals surface area contributed by atoms with Crippen molar-refractivity contribution in [1.29, 1.82) is 0 Å². The number of benzene rings is 1. The molecule has 0 bridgehead atoms. The van der Waals surface area contributed by atoms with E-state index in [1.54, 1.807) is 0 Å². The fourth-order valence-corrected chi connectivity index (χ4v) is 1.90. The third-order valence-corrected chi connectivity index (χ3v) is 2.98. The number of aryl methyl sites for hydroxylation is 1. The molecule has 0 saturated carbocycles. The highest BCUT2D eigenvalue weighted by atomic mass is 35.5. The number of hydrogen-bond acceptors (Lipinski definition) is 3. The summed E-state index contributed by atoms with van der Waals surface area (Å²) in [7, 11) is 0. The van der Waals surface area contributed by atoms with Gasteiger partial charge in [-0.1, -0.05) is 16.8 Å². The fraction of sp³-hybridized carbons (Fsp3) is 0.182. The van der Waals surface area contributed by atoms with Crippen molar-refractivity contribution < 1.29 is 8.91 Å². The van der Waals surface area contributed by atoms with Crippen LogP contribution in [0.2, 0.25) is 5.02 Å². The zero-order chi connectivity index (χ0) is 11.9. The SMILES string of the molecule is Cc1cc(F)c(Cl)c(-c2cnoc2N)c1C. The Balaban J connectivity index is 2.79. The van der Waals surface area contributed by atoms with E-state index in [2.05, 4.69) is 5.16 Å². The Morgan fingerprint density at radius 1 is 1.44 bits per heavy atom. The number of nitrogen functional groups attached to an aromatic ring is 1. The maximum atomic E-state index is 13.5. The van der Waals surface area contributed by atoms with Crippen molar-refractivity contribution >= 4 is 17.5 Å². The van der Waals surface area contributed by atoms with Crippen LogP contribution in [0, 0.1) is 19.7 Å². The summed E-state index contributed by atoms with van der Waals surface area (Å²) in [4.78, 5) is 0. The van der Waals surface area contributed by atoms with E-state index in [1.807, 2.05) is 13.8 Å². The first-order chi connectivity index (χ1) is 7.52. The lowest BCUT2D eigenvalue weighted by atomic mass is 9.98. The molecule has 0 aliphatic heterocycles. The summed E-state index contributed by atoms with van der Waals surface area (Å²) < 4.78 is 18.3. The smallest absolute Gasteiger partial charge is 0.230 e. The second-order valence-corrected chi connectivity index (χ2v) is 3.97. The van der Waals surface area contributed by atoms with Crippen molar-refractivity contribution in [3.63, 3.8) is 0 Å². The highest BCUT2D eigenvalue weighted by Gasteiger charge is 2.18. The number of nitrogens with zero attached hydrogens (tertiary/aromatic N) is 1. The third-order valence-electron chi connectivity index (χ3n) is 2.61. The van der Waals surface area contributed by atoms with Gasteiger partial charge in [0.2, 0.25) is 5.88 Å². The van der Waals surface area contributed by atoms with Crippen molar-refractivity contribution in [3.05, 3.63) is 34.2 Å². The number of halogens is 2. The standard InChI is InChI=1S/C11H10ClFN2O/c1-5-3-8(13)10(12)9(6(5)2)7-4-15-16-11(7)14/h3-4H,14H2,1-2H3. The molecule has 0 atom stereocenters. The van der Waals surface area contributed by atoms with Gasteiger partial charge in [-0.25, -0.2) is 4.39 Å². The minimum Gasteiger partial charge on any atom is -0.367 e. The minimum atomic E-state index is -0.472. The van der Waals surface area contributed by atoms with Gasteiger partial charge in [-0.2, -0.15) is 0 Å². The van der Waals surface area contributed by atoms with Gasteiger partial charge in [0.1, 0.15) is 5.82 Å². The third kappa shape index (κ3) is 1.55. The van der Waals surface area contributed by atoms with Crippen LogP contribution in [0.1, 0.15) is 11.1 Å². The Labute approximate surface area is 97.0 Å². The zero-order valence-electron chi connectivity index (χ0n) is 8.84. The molecule has 5 heteroatoms. The number of anilines is 1. The van der Waals surface area contributed by atoms with E-state index in [0.717, 1.165) is 11.1 Å². The average Bonchev–Trinajstić information content (AvgIpc) is 2.63. The first-order valence-corrected chi connectivity index (χ1v) is 5.06. The molecule has 0 saturated heterocycles. The average molecular weight is 241 g/mol. The summed E-state index contributed by atoms with van der Waals surface area (Å²) in [6.07, 6.45) is 1.43. The normalized spacial score (nSPS) is 10.8. The van der Waals surface area contributed by atoms with E-state index in [-0.39, 0.29) is 10.9 Å². The summed E-state index contributed by atoms with van der Waals surface area (Å²) in [6, 6.07) is 1.39. The lowest BCUT2D eigenvalue weighted by molar-refractivity contribution is 0.436. The molecule has 1 aromatic heterocycles. The molecular weight excluding hydrogens is 231 g/mol. The Morgan fingerprint density at radius 2 is 2.12 bits per heavy atom. The fourth-order valence-electron chi connectivity index (χ4n) is 1.60. The summed E-state index contributed by atoms with van der Waals surface area (Å²) >= 11 is 5.93. The van der Waals surface area contributed by atoms with Gasteiger partial charge in [0.05, 0.1) is 16.8 Å². The summed E-state index contributed by atoms with van der Waals surface area (Å²) in [6.45, 7) is 3.66. The summed E-state index contributed by atoms with van der Waals surface area (Å²) in [5.74, 6) is -0.338. The Hall–Kier alpha value is -1.55. The van der Waals surface area contributed by atoms with Gasteiger partial charge in [-0.15, -0.1) is 0 Å². The van der Waals surface area contributed by atoms with Crippen molar-refractivity contribution in [2.24, 2.45) is 0 Å². The van der Waals surface area contributed by atoms with Crippen LogP contribution in [0.15, 0.2) is 16.8 Å². The van der Waals surface area contributed by atoms with Crippen molar-refractivity contribution in [2.45, 2.75) is 13.8 Å². The van der Waals surface area contributed by atoms with Crippen LogP contribution in [-0.2, 0) is 0 Å². The first-order valence-electron chi connectivity index (χ1n) is 4.68. The van der Waals surface area contributed by atoms with Gasteiger partial charge >= 0.3 is 0 Å². The summed E-state index contributed by atoms with van der Waals surface area (Å²) in [5.41, 5.74) is 8.32. The van der Waals surface area contributed by atoms with E-state index in [4.69, 9.17) is 21.9 Å². The van der Waals surface area contributed by atoms with Crippen LogP contribution in [0.3, 0.4) is 0 Å². The Kier molecular flexibility index (Phi) is 2.59. The zero-order valence-corrected chi connectivity index (χ0v) is 9.60. The first kappa shape index (κ1) is 11.0. The van der Waals surface area contributed by atoms with Gasteiger partial charge in [-0.3, -0.25) is 0 Å². The van der Waals surface area contributed by atoms with Crippen LogP contribution in [0.25, 0.3) is 11.1 Å². The highest BCUT2D eigenvalue weighted by Crippen LogP contribution is 2.37. The second-order valence-electron chi connectivity index (χ2n) is 3.59. The molecule has 0 spiro atoms. The molecule has 1 aromatic carbocycles. The van der Waals surface area contributed by atoms with Gasteiger partial charge in [0.15, 0.2) is 0 Å². The van der Waals surface area contributed by atoms with E-state index in [9.17, 15) is 4.39 Å². The van der Waals surface area contributed by atoms with E-state index >= 15 is 0 Å². The number of rotatable bonds is 1. The van der Waals surface area contributed by atoms with E-state index < -0.39 is 5.82 Å². The molecule has 84 valence electrons. The molecule has 0 radical (unpaired) electrons. The molecule has 0 aliphatic rings. The van der Waals surface area contributed by atoms with E-state index in [0.29, 0.717) is 11.1 Å². The maximum absolute atomic E-state index is 13.5. The highest BCUT2D eigenvalue weighted by molar-refractivity contribution is 6.33. The van der Waals surface area contributed by atoms with Gasteiger partial charge in [0.25, 0.3) is 0 Å². The van der Waals surface area contributed by atoms with Gasteiger partial charge < -0.3 is 10.3 Å². The monoisotopic (exact) mass is 240 g/mol. The van der Waals surface area contributed by atoms with Crippen LogP contribution >= 0.6 is 11.6 Å². The lowest BCUT2D eigenvalue weighted by Crippen LogP contribution is -1.94. The van der Waals surface area contributed by atoms with Crippen molar-refractivity contribution in [3.8, 4) is 11.1 Å². The molecule has 0 fully saturated rings. The predicted octanol–water partition coefficient (Wildman–Crippen LogP) is 3.33. The molecule has 2 aromatic rings. The molecular formula is C11H10ClFN2O. The number of aromatic nitrogens is 1. The second kappa shape index (κ2) is 3.79. The quantitative estimate of drug-likeness (QED) is 0.832. The van der Waals surface area contributed by atoms with Crippen LogP contribution in [0.5, 0.6) is 0 Å². The van der Waals surface area contributed by atoms with Gasteiger partial charge in [-0.05, 0) is 31.0 Å². The molecule has 0 amide bonds. The summed E-state index contributed by atoms with van der Waals surface area (Å²) in [5, 5.41) is 3.60. The predicted molar refractivity (Wildman–Crippen MR) is 60.8 cm³/mol. The van der Waals surface area contributed by atoms with Crippen LogP contribution < -0.4 is 5.73 Å². The van der Waals surface area contributed by atoms with Crippen LogP contribution in [-0.4, -0.2) is 5.16 Å². The topological polar surface area (TPSA) is 52.0 Å². The largest absolute Gasteiger partial charge is 0.367 e. The molecule has 3 nitrogen and oxygen atoms in total. The lowest BCUT2D eigenvalue weighted by Gasteiger charge is -2.10. The number of hydrogen-bond donors (Lipinski definition) is 1. The molecule has 0 unspecified atom stereocenters. The molecule has 1 heterocycles. The molecule has 2 N–H and O–H groups in total. The molecule has 16 heavy (non-hydrogen) atoms. The van der Waals surface area contributed by atoms with Crippen molar-refractivity contribution in [2.75, 3.05) is 5.73 Å². The van der Waals surface area contributed by atoms with E-state index in [1.165, 1.54) is 12.3 Å². The number of nitrogens with two attached hydrogens (primary N) is 1. The Bertz CT molecular complexity index is 525. The van der Waals surface area contributed by atoms with Gasteiger partial charge in [0, 0.05) is 5.56 Å². The van der Waals surface area contributed by atoms with Crippen LogP contribution in [0.4, 0.5) is 10.3 Å². The molecule has 2 rings (SSSR count). The molecule has 0 aliphatic carbocycles. The Morgan fingerprint density at radius 3 is 2.69 bits per heavy atom. The minimum absolute atomic E-state index is 0.0398. The van der Waals surface area contributed by atoms with Crippen molar-refractivity contribution in [1.82, 2.24) is 5.16 Å².